The van der Waals surface area contributed by atoms with Gasteiger partial charge >= 0.3 is 0 Å². The van der Waals surface area contributed by atoms with Crippen molar-refractivity contribution in [2.45, 2.75) is 46.1 Å². The van der Waals surface area contributed by atoms with Gasteiger partial charge in [0.05, 0.1) is 13.2 Å². The first-order chi connectivity index (χ1) is 21.4. The van der Waals surface area contributed by atoms with E-state index in [2.05, 4.69) is 30.8 Å². The van der Waals surface area contributed by atoms with Gasteiger partial charge < -0.3 is 29.3 Å². The van der Waals surface area contributed by atoms with Crippen LogP contribution >= 0.6 is 8.38 Å². The fraction of sp³-hybridized carbons (Fsp3) is 0.387. The van der Waals surface area contributed by atoms with Gasteiger partial charge in [-0.1, -0.05) is 0 Å². The number of amides is 2. The summed E-state index contributed by atoms with van der Waals surface area (Å²) >= 11 is 0. The van der Waals surface area contributed by atoms with Crippen molar-refractivity contribution in [2.75, 3.05) is 43.1 Å². The Hall–Kier alpha value is -4.12. The van der Waals surface area contributed by atoms with Crippen molar-refractivity contribution in [3.63, 3.8) is 0 Å². The monoisotopic (exact) mass is 619 g/mol. The number of aromatic amines is 1. The van der Waals surface area contributed by atoms with Crippen molar-refractivity contribution in [1.82, 2.24) is 25.1 Å². The number of benzene rings is 1. The Balaban J connectivity index is 1.22. The molecule has 1 unspecified atom stereocenters. The molecule has 44 heavy (non-hydrogen) atoms. The van der Waals surface area contributed by atoms with Gasteiger partial charge in [-0.05, 0) is 75.6 Å². The number of pyridine rings is 2. The van der Waals surface area contributed by atoms with Crippen LogP contribution in [0.1, 0.15) is 49.0 Å². The minimum absolute atomic E-state index is 0.0215. The molecule has 0 spiro atoms. The van der Waals surface area contributed by atoms with Crippen LogP contribution in [0.4, 0.5) is 11.6 Å². The van der Waals surface area contributed by atoms with Gasteiger partial charge in [0.15, 0.2) is 19.8 Å². The molecule has 1 fully saturated rings. The number of hydrogen-bond acceptors (Lipinski definition) is 9. The number of nitrogens with one attached hydrogen (secondary N) is 3. The minimum Gasteiger partial charge on any atom is -0.456 e. The highest BCUT2D eigenvalue weighted by Gasteiger charge is 2.26. The second-order valence-electron chi connectivity index (χ2n) is 10.4. The van der Waals surface area contributed by atoms with Gasteiger partial charge in [-0.2, -0.15) is 5.10 Å². The van der Waals surface area contributed by atoms with Gasteiger partial charge in [-0.3, -0.25) is 14.7 Å². The van der Waals surface area contributed by atoms with E-state index in [0.29, 0.717) is 72.1 Å². The number of aryl methyl sites for hydroxylation is 1. The molecule has 4 heterocycles. The lowest BCUT2D eigenvalue weighted by molar-refractivity contribution is -0.131. The number of carbonyl (C=O) groups excluding carboxylic acids is 2. The Morgan fingerprint density at radius 2 is 1.84 bits per heavy atom. The molecule has 0 saturated carbocycles. The SMILES string of the molecule is CCOP(CCC(=O)N1CCCC(Nc2n[nH]c3nccc(Oc4ccc(C(=O)Nc5cc(C)ccn5)cc4)c23)C1)OCC. The van der Waals surface area contributed by atoms with E-state index >= 15 is 0 Å². The number of carbonyl (C=O) groups is 2. The number of H-pyrrole nitrogens is 1. The third-order valence-corrected chi connectivity index (χ3v) is 8.77. The number of rotatable bonds is 13. The van der Waals surface area contributed by atoms with Crippen molar-refractivity contribution < 1.29 is 23.4 Å². The Kier molecular flexibility index (Phi) is 10.7. The molecule has 13 heteroatoms. The number of anilines is 2. The summed E-state index contributed by atoms with van der Waals surface area (Å²) in [5, 5.41) is 14.5. The number of hydrogen-bond donors (Lipinski definition) is 3. The van der Waals surface area contributed by atoms with Crippen molar-refractivity contribution in [3.8, 4) is 11.5 Å². The Bertz CT molecular complexity index is 1560. The standard InChI is InChI=1S/C31H38N7O5P/c1-4-41-44(42-5-2)18-14-27(39)38-17-6-7-23(20-38)34-30-28-25(13-16-33-29(28)36-37-30)43-24-10-8-22(9-11-24)31(40)35-26-19-21(3)12-15-32-26/h8-13,15-16,19,23H,4-7,14,17-18,20H2,1-3H3,(H,32,35,40)(H2,33,34,36,37). The van der Waals surface area contributed by atoms with Crippen LogP contribution in [0.15, 0.2) is 54.9 Å². The number of fused-ring (bicyclic) bond motifs is 1. The molecular formula is C31H38N7O5P. The largest absolute Gasteiger partial charge is 0.456 e. The lowest BCUT2D eigenvalue weighted by Gasteiger charge is -2.33. The number of likely N-dealkylation sites (tertiary alicyclic amines) is 1. The van der Waals surface area contributed by atoms with Gasteiger partial charge in [-0.15, -0.1) is 0 Å². The molecule has 5 rings (SSSR count). The molecule has 12 nitrogen and oxygen atoms in total. The molecule has 1 aliphatic rings. The summed E-state index contributed by atoms with van der Waals surface area (Å²) in [6, 6.07) is 12.4. The fourth-order valence-electron chi connectivity index (χ4n) is 5.02. The maximum Gasteiger partial charge on any atom is 0.256 e. The Labute approximate surface area is 257 Å². The average molecular weight is 620 g/mol. The van der Waals surface area contributed by atoms with Crippen LogP contribution in [0.2, 0.25) is 0 Å². The molecule has 4 aromatic rings. The lowest BCUT2D eigenvalue weighted by atomic mass is 10.1. The molecule has 1 aliphatic heterocycles. The molecule has 1 atom stereocenters. The van der Waals surface area contributed by atoms with Gasteiger partial charge in [0.2, 0.25) is 5.91 Å². The zero-order valence-corrected chi connectivity index (χ0v) is 26.1. The zero-order chi connectivity index (χ0) is 30.9. The summed E-state index contributed by atoms with van der Waals surface area (Å²) in [5.41, 5.74) is 2.07. The molecule has 0 bridgehead atoms. The van der Waals surface area contributed by atoms with Crippen molar-refractivity contribution in [2.24, 2.45) is 0 Å². The van der Waals surface area contributed by atoms with Crippen LogP contribution in [-0.4, -0.2) is 75.4 Å². The fourth-order valence-corrected chi connectivity index (χ4v) is 6.30. The van der Waals surface area contributed by atoms with Crippen LogP contribution in [0.25, 0.3) is 11.0 Å². The van der Waals surface area contributed by atoms with Crippen LogP contribution in [0.5, 0.6) is 11.5 Å². The van der Waals surface area contributed by atoms with E-state index in [4.69, 9.17) is 13.8 Å². The van der Waals surface area contributed by atoms with E-state index in [0.717, 1.165) is 24.9 Å². The average Bonchev–Trinajstić information content (AvgIpc) is 3.44. The van der Waals surface area contributed by atoms with Crippen LogP contribution in [-0.2, 0) is 13.8 Å². The predicted molar refractivity (Wildman–Crippen MR) is 170 cm³/mol. The molecular weight excluding hydrogens is 581 g/mol. The smallest absolute Gasteiger partial charge is 0.256 e. The van der Waals surface area contributed by atoms with Gasteiger partial charge in [0.25, 0.3) is 5.91 Å². The van der Waals surface area contributed by atoms with Crippen LogP contribution in [0, 0.1) is 6.92 Å². The molecule has 3 N–H and O–H groups in total. The van der Waals surface area contributed by atoms with E-state index in [1.165, 1.54) is 0 Å². The molecule has 0 aliphatic carbocycles. The summed E-state index contributed by atoms with van der Waals surface area (Å²) in [6.45, 7) is 8.26. The summed E-state index contributed by atoms with van der Waals surface area (Å²) < 4.78 is 17.5. The topological polar surface area (TPSA) is 144 Å². The number of piperidine rings is 1. The second kappa shape index (κ2) is 15.1. The Morgan fingerprint density at radius 3 is 2.59 bits per heavy atom. The summed E-state index contributed by atoms with van der Waals surface area (Å²) in [5.74, 6) is 2.08. The van der Waals surface area contributed by atoms with Crippen LogP contribution in [0.3, 0.4) is 0 Å². The van der Waals surface area contributed by atoms with Crippen LogP contribution < -0.4 is 15.4 Å². The highest BCUT2D eigenvalue weighted by Crippen LogP contribution is 2.39. The van der Waals surface area contributed by atoms with Crippen molar-refractivity contribution in [3.05, 3.63) is 66.0 Å². The molecule has 1 aromatic carbocycles. The van der Waals surface area contributed by atoms with E-state index in [1.807, 2.05) is 37.8 Å². The first kappa shape index (κ1) is 31.3. The number of nitrogens with zero attached hydrogens (tertiary/aromatic N) is 4. The molecule has 232 valence electrons. The van der Waals surface area contributed by atoms with E-state index in [-0.39, 0.29) is 17.9 Å². The third-order valence-electron chi connectivity index (χ3n) is 7.09. The minimum atomic E-state index is -1.04. The van der Waals surface area contributed by atoms with E-state index < -0.39 is 8.38 Å². The van der Waals surface area contributed by atoms with Gasteiger partial charge in [-0.25, -0.2) is 9.97 Å². The van der Waals surface area contributed by atoms with E-state index in [9.17, 15) is 9.59 Å². The van der Waals surface area contributed by atoms with Gasteiger partial charge in [0, 0.05) is 55.7 Å². The molecule has 2 amide bonds. The Morgan fingerprint density at radius 1 is 1.07 bits per heavy atom. The van der Waals surface area contributed by atoms with Crippen molar-refractivity contribution >= 4 is 42.9 Å². The molecule has 3 aromatic heterocycles. The highest BCUT2D eigenvalue weighted by atomic mass is 31.2. The third kappa shape index (κ3) is 8.07. The van der Waals surface area contributed by atoms with Gasteiger partial charge in [0.1, 0.15) is 22.7 Å². The highest BCUT2D eigenvalue weighted by molar-refractivity contribution is 7.47. The summed E-state index contributed by atoms with van der Waals surface area (Å²) in [6.07, 6.45) is 6.09. The first-order valence-electron chi connectivity index (χ1n) is 14.9. The normalized spacial score (nSPS) is 15.0. The second-order valence-corrected chi connectivity index (χ2v) is 12.0. The number of ether oxygens (including phenoxy) is 1. The lowest BCUT2D eigenvalue weighted by Crippen LogP contribution is -2.45. The maximum atomic E-state index is 13.0. The zero-order valence-electron chi connectivity index (χ0n) is 25.2. The van der Waals surface area contributed by atoms with Crippen molar-refractivity contribution in [1.29, 1.82) is 0 Å². The summed E-state index contributed by atoms with van der Waals surface area (Å²) in [4.78, 5) is 36.2. The molecule has 1 saturated heterocycles. The van der Waals surface area contributed by atoms with E-state index in [1.54, 1.807) is 42.7 Å². The molecule has 0 radical (unpaired) electrons. The first-order valence-corrected chi connectivity index (χ1v) is 16.2. The number of aromatic nitrogens is 4. The summed E-state index contributed by atoms with van der Waals surface area (Å²) in [7, 11) is -1.04. The predicted octanol–water partition coefficient (Wildman–Crippen LogP) is 5.88. The quantitative estimate of drug-likeness (QED) is 0.156. The maximum absolute atomic E-state index is 13.0.